The van der Waals surface area contributed by atoms with Crippen molar-refractivity contribution < 1.29 is 4.79 Å². The summed E-state index contributed by atoms with van der Waals surface area (Å²) in [4.78, 5) is 11.1. The van der Waals surface area contributed by atoms with Crippen LogP contribution >= 0.6 is 0 Å². The van der Waals surface area contributed by atoms with Crippen LogP contribution in [0.5, 0.6) is 0 Å². The minimum absolute atomic E-state index is 0.240. The Morgan fingerprint density at radius 2 is 1.60 bits per heavy atom. The topological polar surface area (TPSA) is 17.1 Å². The molecule has 0 amide bonds. The van der Waals surface area contributed by atoms with E-state index in [1.165, 1.54) is 43.3 Å². The molecule has 0 bridgehead atoms. The van der Waals surface area contributed by atoms with Gasteiger partial charge in [0.15, 0.2) is 0 Å². The van der Waals surface area contributed by atoms with Crippen molar-refractivity contribution in [2.24, 2.45) is 5.92 Å². The van der Waals surface area contributed by atoms with Crippen LogP contribution < -0.4 is 0 Å². The molecule has 0 aromatic heterocycles. The highest BCUT2D eigenvalue weighted by molar-refractivity contribution is 5.81. The minimum atomic E-state index is 0.240. The van der Waals surface area contributed by atoms with Gasteiger partial charge < -0.3 is 0 Å². The summed E-state index contributed by atoms with van der Waals surface area (Å²) >= 11 is 0. The van der Waals surface area contributed by atoms with Gasteiger partial charge in [0.05, 0.1) is 0 Å². The first kappa shape index (κ1) is 15.0. The molecule has 0 heterocycles. The van der Waals surface area contributed by atoms with Crippen LogP contribution in [0.2, 0.25) is 0 Å². The molecule has 0 aliphatic heterocycles. The number of carbonyl (C=O) groups excluding carboxylic acids is 1. The lowest BCUT2D eigenvalue weighted by Gasteiger charge is -2.22. The maximum atomic E-state index is 11.1. The Kier molecular flexibility index (Phi) is 5.17. The van der Waals surface area contributed by atoms with Crippen molar-refractivity contribution in [1.82, 2.24) is 0 Å². The van der Waals surface area contributed by atoms with Crippen molar-refractivity contribution in [3.63, 3.8) is 0 Å². The van der Waals surface area contributed by atoms with Crippen LogP contribution in [-0.4, -0.2) is 5.78 Å². The van der Waals surface area contributed by atoms with E-state index in [0.717, 1.165) is 6.42 Å². The summed E-state index contributed by atoms with van der Waals surface area (Å²) in [6.07, 6.45) is 7.41. The van der Waals surface area contributed by atoms with Crippen molar-refractivity contribution >= 4 is 5.78 Å². The van der Waals surface area contributed by atoms with Gasteiger partial charge in [0.1, 0.15) is 5.78 Å². The van der Waals surface area contributed by atoms with E-state index in [-0.39, 0.29) is 5.92 Å². The molecule has 0 saturated heterocycles. The van der Waals surface area contributed by atoms with Gasteiger partial charge in [-0.05, 0) is 70.4 Å². The summed E-state index contributed by atoms with van der Waals surface area (Å²) in [6, 6.07) is 8.74. The molecule has 1 aromatic carbocycles. The molecule has 2 aliphatic carbocycles. The average molecular weight is 270 g/mol. The van der Waals surface area contributed by atoms with E-state index in [0.29, 0.717) is 5.78 Å². The summed E-state index contributed by atoms with van der Waals surface area (Å²) in [5, 5.41) is 0. The predicted molar refractivity (Wildman–Crippen MR) is 84.9 cm³/mol. The standard InChI is InChI=1S/C10H16O.C9H10/c1-7-5-4-6-10(8(7)2)9(3)11;1-2-5-9-7-3-6-8(9)4-1/h10H,4-6H2,1-3H3;1-2,4-5H,3,6-7H2. The van der Waals surface area contributed by atoms with Crippen molar-refractivity contribution in [3.8, 4) is 0 Å². The van der Waals surface area contributed by atoms with E-state index >= 15 is 0 Å². The number of benzene rings is 1. The second kappa shape index (κ2) is 6.88. The Hall–Kier alpha value is -1.37. The molecule has 1 nitrogen and oxygen atoms in total. The summed E-state index contributed by atoms with van der Waals surface area (Å²) in [5.74, 6) is 0.574. The SMILES string of the molecule is CC(=O)C1CCCC(C)=C1C.c1ccc2c(c1)CCC2. The quantitative estimate of drug-likeness (QED) is 0.664. The molecule has 20 heavy (non-hydrogen) atoms. The summed E-state index contributed by atoms with van der Waals surface area (Å²) in [6.45, 7) is 5.94. The summed E-state index contributed by atoms with van der Waals surface area (Å²) in [7, 11) is 0. The predicted octanol–water partition coefficient (Wildman–Crippen LogP) is 4.89. The zero-order chi connectivity index (χ0) is 14.5. The van der Waals surface area contributed by atoms with Crippen LogP contribution in [0, 0.1) is 5.92 Å². The van der Waals surface area contributed by atoms with Gasteiger partial charge in [-0.1, -0.05) is 35.4 Å². The maximum Gasteiger partial charge on any atom is 0.136 e. The number of Topliss-reactive ketones (excluding diaryl/α,β-unsaturated/α-hetero) is 1. The van der Waals surface area contributed by atoms with E-state index < -0.39 is 0 Å². The van der Waals surface area contributed by atoms with Crippen molar-refractivity contribution in [3.05, 3.63) is 46.5 Å². The number of hydrogen-bond acceptors (Lipinski definition) is 1. The molecule has 1 unspecified atom stereocenters. The zero-order valence-electron chi connectivity index (χ0n) is 13.0. The molecule has 0 N–H and O–H groups in total. The molecule has 0 saturated carbocycles. The zero-order valence-corrected chi connectivity index (χ0v) is 13.0. The second-order valence-corrected chi connectivity index (χ2v) is 6.14. The average Bonchev–Trinajstić information content (AvgIpc) is 2.90. The number of hydrogen-bond donors (Lipinski definition) is 0. The van der Waals surface area contributed by atoms with Gasteiger partial charge in [-0.25, -0.2) is 0 Å². The first-order valence-corrected chi connectivity index (χ1v) is 7.83. The van der Waals surface area contributed by atoms with Gasteiger partial charge in [0, 0.05) is 5.92 Å². The smallest absolute Gasteiger partial charge is 0.136 e. The van der Waals surface area contributed by atoms with Gasteiger partial charge in [-0.15, -0.1) is 0 Å². The van der Waals surface area contributed by atoms with Crippen LogP contribution in [0.4, 0.5) is 0 Å². The van der Waals surface area contributed by atoms with Gasteiger partial charge in [0.2, 0.25) is 0 Å². The molecule has 2 aliphatic rings. The number of rotatable bonds is 1. The Bertz CT molecular complexity index is 487. The fourth-order valence-electron chi connectivity index (χ4n) is 3.31. The van der Waals surface area contributed by atoms with E-state index in [9.17, 15) is 4.79 Å². The molecule has 108 valence electrons. The highest BCUT2D eigenvalue weighted by Crippen LogP contribution is 2.29. The van der Waals surface area contributed by atoms with Crippen LogP contribution in [-0.2, 0) is 17.6 Å². The van der Waals surface area contributed by atoms with Crippen LogP contribution in [0.15, 0.2) is 35.4 Å². The van der Waals surface area contributed by atoms with Crippen LogP contribution in [0.3, 0.4) is 0 Å². The van der Waals surface area contributed by atoms with Crippen molar-refractivity contribution in [1.29, 1.82) is 0 Å². The largest absolute Gasteiger partial charge is 0.299 e. The number of carbonyl (C=O) groups is 1. The fraction of sp³-hybridized carbons (Fsp3) is 0.526. The molecule has 1 heteroatoms. The minimum Gasteiger partial charge on any atom is -0.299 e. The molecule has 0 fully saturated rings. The van der Waals surface area contributed by atoms with Crippen LogP contribution in [0.25, 0.3) is 0 Å². The second-order valence-electron chi connectivity index (χ2n) is 6.14. The number of allylic oxidation sites excluding steroid dienone is 2. The number of fused-ring (bicyclic) bond motifs is 1. The lowest BCUT2D eigenvalue weighted by atomic mass is 9.82. The van der Waals surface area contributed by atoms with Crippen molar-refractivity contribution in [2.45, 2.75) is 59.3 Å². The third-order valence-electron chi connectivity index (χ3n) is 4.74. The Labute approximate surface area is 123 Å². The lowest BCUT2D eigenvalue weighted by molar-refractivity contribution is -0.120. The molecular weight excluding hydrogens is 244 g/mol. The van der Waals surface area contributed by atoms with E-state index in [2.05, 4.69) is 38.1 Å². The molecule has 1 aromatic rings. The molecule has 0 spiro atoms. The van der Waals surface area contributed by atoms with E-state index in [1.54, 1.807) is 18.1 Å². The van der Waals surface area contributed by atoms with E-state index in [1.807, 2.05) is 0 Å². The number of aryl methyl sites for hydroxylation is 2. The van der Waals surface area contributed by atoms with Gasteiger partial charge in [0.25, 0.3) is 0 Å². The van der Waals surface area contributed by atoms with Crippen molar-refractivity contribution in [2.75, 3.05) is 0 Å². The Balaban J connectivity index is 0.000000149. The van der Waals surface area contributed by atoms with Gasteiger partial charge >= 0.3 is 0 Å². The van der Waals surface area contributed by atoms with Gasteiger partial charge in [-0.2, -0.15) is 0 Å². The maximum absolute atomic E-state index is 11.1. The molecule has 3 rings (SSSR count). The third kappa shape index (κ3) is 3.59. The number of ketones is 1. The molecular formula is C19H26O. The fourth-order valence-corrected chi connectivity index (χ4v) is 3.31. The Morgan fingerprint density at radius 3 is 2.10 bits per heavy atom. The monoisotopic (exact) mass is 270 g/mol. The molecule has 1 atom stereocenters. The summed E-state index contributed by atoms with van der Waals surface area (Å²) in [5.41, 5.74) is 5.88. The highest BCUT2D eigenvalue weighted by Gasteiger charge is 2.20. The normalized spacial score (nSPS) is 21.1. The lowest BCUT2D eigenvalue weighted by Crippen LogP contribution is -2.16. The van der Waals surface area contributed by atoms with E-state index in [4.69, 9.17) is 0 Å². The third-order valence-corrected chi connectivity index (χ3v) is 4.74. The summed E-state index contributed by atoms with van der Waals surface area (Å²) < 4.78 is 0. The van der Waals surface area contributed by atoms with Gasteiger partial charge in [-0.3, -0.25) is 4.79 Å². The van der Waals surface area contributed by atoms with Crippen LogP contribution in [0.1, 0.15) is 57.6 Å². The molecule has 0 radical (unpaired) electrons. The highest BCUT2D eigenvalue weighted by atomic mass is 16.1. The first-order valence-electron chi connectivity index (χ1n) is 7.83. The Morgan fingerprint density at radius 1 is 1.00 bits per heavy atom. The first-order chi connectivity index (χ1) is 9.59.